The summed E-state index contributed by atoms with van der Waals surface area (Å²) in [4.78, 5) is 14.4. The highest BCUT2D eigenvalue weighted by atomic mass is 16.1. The molecule has 1 fully saturated rings. The Balaban J connectivity index is 1.48. The smallest absolute Gasteiger partial charge is 0.243 e. The van der Waals surface area contributed by atoms with E-state index in [0.717, 1.165) is 30.9 Å². The first-order valence-electron chi connectivity index (χ1n) is 8.72. The van der Waals surface area contributed by atoms with Gasteiger partial charge in [0.2, 0.25) is 5.91 Å². The number of hydrogen-bond acceptors (Lipinski definition) is 3. The Morgan fingerprint density at radius 3 is 2.21 bits per heavy atom. The van der Waals surface area contributed by atoms with Crippen molar-refractivity contribution in [3.05, 3.63) is 54.1 Å². The van der Waals surface area contributed by atoms with Gasteiger partial charge in [0.25, 0.3) is 0 Å². The highest BCUT2D eigenvalue weighted by Gasteiger charge is 2.12. The van der Waals surface area contributed by atoms with Crippen LogP contribution in [0, 0.1) is 0 Å². The van der Waals surface area contributed by atoms with Crippen molar-refractivity contribution in [2.45, 2.75) is 26.2 Å². The van der Waals surface area contributed by atoms with Gasteiger partial charge in [-0.2, -0.15) is 0 Å². The Morgan fingerprint density at radius 1 is 0.958 bits per heavy atom. The number of anilines is 3. The van der Waals surface area contributed by atoms with Crippen LogP contribution in [0.5, 0.6) is 0 Å². The minimum Gasteiger partial charge on any atom is -0.376 e. The molecule has 2 N–H and O–H groups in total. The van der Waals surface area contributed by atoms with Crippen LogP contribution in [0.15, 0.2) is 48.5 Å². The van der Waals surface area contributed by atoms with Gasteiger partial charge in [0.1, 0.15) is 0 Å². The molecule has 4 nitrogen and oxygen atoms in total. The largest absolute Gasteiger partial charge is 0.376 e. The lowest BCUT2D eigenvalue weighted by molar-refractivity contribution is -0.114. The molecule has 2 aromatic carbocycles. The molecule has 1 amide bonds. The van der Waals surface area contributed by atoms with E-state index >= 15 is 0 Å². The molecule has 0 aromatic heterocycles. The van der Waals surface area contributed by atoms with Crippen molar-refractivity contribution < 1.29 is 4.79 Å². The van der Waals surface area contributed by atoms with Gasteiger partial charge in [0.15, 0.2) is 0 Å². The molecule has 0 unspecified atom stereocenters. The molecule has 0 aliphatic carbocycles. The number of aryl methyl sites for hydroxylation is 1. The molecule has 24 heavy (non-hydrogen) atoms. The van der Waals surface area contributed by atoms with Gasteiger partial charge < -0.3 is 15.5 Å². The van der Waals surface area contributed by atoms with E-state index in [1.807, 2.05) is 24.3 Å². The third kappa shape index (κ3) is 4.28. The van der Waals surface area contributed by atoms with Gasteiger partial charge in [-0.25, -0.2) is 0 Å². The van der Waals surface area contributed by atoms with Crippen LogP contribution in [0.1, 0.15) is 25.3 Å². The van der Waals surface area contributed by atoms with Gasteiger partial charge in [-0.05, 0) is 61.2 Å². The number of carbonyl (C=O) groups excluding carboxylic acids is 1. The first kappa shape index (κ1) is 16.4. The third-order valence-corrected chi connectivity index (χ3v) is 4.44. The van der Waals surface area contributed by atoms with E-state index in [1.165, 1.54) is 24.1 Å². The molecular formula is C20H25N3O. The number of nitrogens with one attached hydrogen (secondary N) is 2. The molecule has 0 bridgehead atoms. The minimum absolute atomic E-state index is 0.0384. The summed E-state index contributed by atoms with van der Waals surface area (Å²) in [6.07, 6.45) is 3.56. The number of rotatable bonds is 6. The predicted molar refractivity (Wildman–Crippen MR) is 101 cm³/mol. The normalized spacial score (nSPS) is 13.8. The van der Waals surface area contributed by atoms with Crippen LogP contribution in [0.2, 0.25) is 0 Å². The Bertz CT molecular complexity index is 658. The van der Waals surface area contributed by atoms with Gasteiger partial charge in [-0.15, -0.1) is 0 Å². The molecule has 1 aliphatic heterocycles. The maximum absolute atomic E-state index is 12.1. The van der Waals surface area contributed by atoms with E-state index in [9.17, 15) is 4.79 Å². The molecule has 1 aliphatic rings. The van der Waals surface area contributed by atoms with E-state index in [1.54, 1.807) is 0 Å². The van der Waals surface area contributed by atoms with E-state index < -0.39 is 0 Å². The summed E-state index contributed by atoms with van der Waals surface area (Å²) in [7, 11) is 0. The number of amides is 1. The zero-order valence-corrected chi connectivity index (χ0v) is 14.2. The second-order valence-electron chi connectivity index (χ2n) is 6.19. The predicted octanol–water partition coefficient (Wildman–Crippen LogP) is 3.90. The van der Waals surface area contributed by atoms with Crippen LogP contribution in [-0.4, -0.2) is 25.5 Å². The molecule has 0 saturated carbocycles. The number of nitrogens with zero attached hydrogens (tertiary/aromatic N) is 1. The first-order valence-corrected chi connectivity index (χ1v) is 8.72. The van der Waals surface area contributed by atoms with Gasteiger partial charge in [0.05, 0.1) is 6.54 Å². The minimum atomic E-state index is -0.0384. The Kier molecular flexibility index (Phi) is 5.36. The molecule has 1 heterocycles. The van der Waals surface area contributed by atoms with Crippen LogP contribution >= 0.6 is 0 Å². The Labute approximate surface area is 143 Å². The highest BCUT2D eigenvalue weighted by Crippen LogP contribution is 2.22. The average Bonchev–Trinajstić information content (AvgIpc) is 3.16. The molecule has 2 aromatic rings. The van der Waals surface area contributed by atoms with Crippen molar-refractivity contribution in [3.63, 3.8) is 0 Å². The van der Waals surface area contributed by atoms with Gasteiger partial charge in [-0.3, -0.25) is 4.79 Å². The maximum Gasteiger partial charge on any atom is 0.243 e. The van der Waals surface area contributed by atoms with Crippen molar-refractivity contribution in [1.29, 1.82) is 0 Å². The van der Waals surface area contributed by atoms with E-state index in [2.05, 4.69) is 46.7 Å². The molecular weight excluding hydrogens is 298 g/mol. The van der Waals surface area contributed by atoms with Crippen molar-refractivity contribution in [1.82, 2.24) is 0 Å². The second-order valence-corrected chi connectivity index (χ2v) is 6.19. The van der Waals surface area contributed by atoms with Crippen LogP contribution in [0.4, 0.5) is 17.1 Å². The van der Waals surface area contributed by atoms with Crippen molar-refractivity contribution in [2.24, 2.45) is 0 Å². The lowest BCUT2D eigenvalue weighted by Crippen LogP contribution is -2.22. The lowest BCUT2D eigenvalue weighted by atomic mass is 10.1. The summed E-state index contributed by atoms with van der Waals surface area (Å²) in [5.74, 6) is -0.0384. The summed E-state index contributed by atoms with van der Waals surface area (Å²) in [6.45, 7) is 4.66. The highest BCUT2D eigenvalue weighted by molar-refractivity contribution is 5.93. The van der Waals surface area contributed by atoms with Crippen LogP contribution in [0.25, 0.3) is 0 Å². The Morgan fingerprint density at radius 2 is 1.58 bits per heavy atom. The van der Waals surface area contributed by atoms with Crippen molar-refractivity contribution in [2.75, 3.05) is 35.2 Å². The molecule has 1 saturated heterocycles. The third-order valence-electron chi connectivity index (χ3n) is 4.44. The molecule has 0 spiro atoms. The maximum atomic E-state index is 12.1. The van der Waals surface area contributed by atoms with Crippen molar-refractivity contribution in [3.8, 4) is 0 Å². The fourth-order valence-corrected chi connectivity index (χ4v) is 2.98. The molecule has 0 atom stereocenters. The zero-order chi connectivity index (χ0) is 16.8. The monoisotopic (exact) mass is 323 g/mol. The first-order chi connectivity index (χ1) is 11.7. The fraction of sp³-hybridized carbons (Fsp3) is 0.350. The van der Waals surface area contributed by atoms with Crippen molar-refractivity contribution >= 4 is 23.0 Å². The van der Waals surface area contributed by atoms with Gasteiger partial charge in [-0.1, -0.05) is 19.1 Å². The molecule has 126 valence electrons. The average molecular weight is 323 g/mol. The number of hydrogen-bond donors (Lipinski definition) is 2. The second kappa shape index (κ2) is 7.86. The zero-order valence-electron chi connectivity index (χ0n) is 14.2. The standard InChI is InChI=1S/C20H25N3O/c1-2-16-5-7-17(8-6-16)21-15-20(24)22-18-9-11-19(12-10-18)23-13-3-4-14-23/h5-12,21H,2-4,13-15H2,1H3,(H,22,24). The molecule has 0 radical (unpaired) electrons. The molecule has 4 heteroatoms. The van der Waals surface area contributed by atoms with E-state index in [4.69, 9.17) is 0 Å². The summed E-state index contributed by atoms with van der Waals surface area (Å²) in [6, 6.07) is 16.3. The lowest BCUT2D eigenvalue weighted by Gasteiger charge is -2.17. The van der Waals surface area contributed by atoms with Gasteiger partial charge in [0, 0.05) is 30.2 Å². The van der Waals surface area contributed by atoms with Crippen LogP contribution < -0.4 is 15.5 Å². The molecule has 3 rings (SSSR count). The summed E-state index contributed by atoms with van der Waals surface area (Å²) in [5, 5.41) is 6.08. The van der Waals surface area contributed by atoms with E-state index in [-0.39, 0.29) is 12.5 Å². The number of carbonyl (C=O) groups is 1. The topological polar surface area (TPSA) is 44.4 Å². The number of benzene rings is 2. The quantitative estimate of drug-likeness (QED) is 0.847. The van der Waals surface area contributed by atoms with Gasteiger partial charge >= 0.3 is 0 Å². The fourth-order valence-electron chi connectivity index (χ4n) is 2.98. The SMILES string of the molecule is CCc1ccc(NCC(=O)Nc2ccc(N3CCCC3)cc2)cc1. The van der Waals surface area contributed by atoms with Crippen LogP contribution in [-0.2, 0) is 11.2 Å². The Hall–Kier alpha value is -2.49. The van der Waals surface area contributed by atoms with E-state index in [0.29, 0.717) is 0 Å². The summed E-state index contributed by atoms with van der Waals surface area (Å²) < 4.78 is 0. The summed E-state index contributed by atoms with van der Waals surface area (Å²) in [5.41, 5.74) is 4.33. The van der Waals surface area contributed by atoms with Crippen LogP contribution in [0.3, 0.4) is 0 Å². The summed E-state index contributed by atoms with van der Waals surface area (Å²) >= 11 is 0.